The molecule has 0 aliphatic heterocycles. The number of amides is 2. The Hall–Kier alpha value is -1.24. The van der Waals surface area contributed by atoms with Crippen molar-refractivity contribution >= 4 is 30.0 Å². The highest BCUT2D eigenvalue weighted by Crippen LogP contribution is 2.04. The van der Waals surface area contributed by atoms with Crippen LogP contribution in [0, 0.1) is 5.92 Å². The first-order chi connectivity index (χ1) is 8.43. The van der Waals surface area contributed by atoms with Crippen LogP contribution in [-0.2, 0) is 14.4 Å². The molecule has 0 aliphatic rings. The lowest BCUT2D eigenvalue weighted by Gasteiger charge is -2.25. The molecule has 0 radical (unpaired) electrons. The van der Waals surface area contributed by atoms with Crippen molar-refractivity contribution in [2.45, 2.75) is 32.4 Å². The van der Waals surface area contributed by atoms with Crippen molar-refractivity contribution in [2.24, 2.45) is 5.92 Å². The fourth-order valence-electron chi connectivity index (χ4n) is 1.36. The van der Waals surface area contributed by atoms with E-state index < -0.39 is 24.0 Å². The first-order valence-electron chi connectivity index (χ1n) is 5.63. The molecular weight excluding hydrogens is 256 g/mol. The monoisotopic (exact) mass is 275 g/mol. The van der Waals surface area contributed by atoms with E-state index in [4.69, 9.17) is 0 Å². The van der Waals surface area contributed by atoms with Crippen LogP contribution in [0.1, 0.15) is 20.3 Å². The van der Waals surface area contributed by atoms with Gasteiger partial charge < -0.3 is 20.5 Å². The number of carbonyl (C=O) groups is 3. The van der Waals surface area contributed by atoms with E-state index >= 15 is 0 Å². The molecule has 6 nitrogen and oxygen atoms in total. The van der Waals surface area contributed by atoms with Crippen LogP contribution in [0.15, 0.2) is 0 Å². The molecule has 0 rings (SSSR count). The number of carbonyl (C=O) groups excluding carboxylic acids is 3. The molecule has 0 aromatic carbocycles. The topological polar surface area (TPSA) is 98.3 Å². The number of nitrogens with one attached hydrogen (secondary N) is 2. The Morgan fingerprint density at radius 1 is 1.39 bits per heavy atom. The van der Waals surface area contributed by atoms with Crippen LogP contribution in [0.4, 0.5) is 0 Å². The summed E-state index contributed by atoms with van der Waals surface area (Å²) in [5.74, 6) is -1.42. The van der Waals surface area contributed by atoms with E-state index in [-0.39, 0.29) is 5.92 Å². The van der Waals surface area contributed by atoms with E-state index in [1.807, 2.05) is 6.26 Å². The van der Waals surface area contributed by atoms with Gasteiger partial charge in [-0.3, -0.25) is 9.59 Å². The van der Waals surface area contributed by atoms with Crippen molar-refractivity contribution in [3.05, 3.63) is 0 Å². The van der Waals surface area contributed by atoms with Gasteiger partial charge in [0.15, 0.2) is 0 Å². The Kier molecular flexibility index (Phi) is 8.19. The first kappa shape index (κ1) is 16.8. The average Bonchev–Trinajstić information content (AvgIpc) is 2.30. The molecular formula is C11H19N2O4S-. The van der Waals surface area contributed by atoms with E-state index in [2.05, 4.69) is 10.6 Å². The molecule has 7 heteroatoms. The van der Waals surface area contributed by atoms with Gasteiger partial charge in [-0.15, -0.1) is 0 Å². The van der Waals surface area contributed by atoms with E-state index in [0.717, 1.165) is 0 Å². The molecule has 0 bridgehead atoms. The van der Waals surface area contributed by atoms with Crippen molar-refractivity contribution < 1.29 is 19.5 Å². The van der Waals surface area contributed by atoms with Crippen LogP contribution in [0.5, 0.6) is 0 Å². The van der Waals surface area contributed by atoms with Crippen molar-refractivity contribution in [1.29, 1.82) is 0 Å². The van der Waals surface area contributed by atoms with Crippen LogP contribution in [-0.4, -0.2) is 42.4 Å². The molecule has 0 saturated carbocycles. The zero-order valence-electron chi connectivity index (χ0n) is 10.8. The summed E-state index contributed by atoms with van der Waals surface area (Å²) in [7, 11) is 0. The summed E-state index contributed by atoms with van der Waals surface area (Å²) < 4.78 is 0. The molecule has 0 fully saturated rings. The third-order valence-electron chi connectivity index (χ3n) is 2.41. The van der Waals surface area contributed by atoms with Gasteiger partial charge in [0.25, 0.3) is 0 Å². The van der Waals surface area contributed by atoms with Gasteiger partial charge in [-0.2, -0.15) is 11.8 Å². The lowest BCUT2D eigenvalue weighted by atomic mass is 10.0. The summed E-state index contributed by atoms with van der Waals surface area (Å²) in [5, 5.41) is 15.6. The summed E-state index contributed by atoms with van der Waals surface area (Å²) in [6, 6.07) is -1.77. The minimum atomic E-state index is -1.33. The second-order valence-electron chi connectivity index (χ2n) is 4.17. The van der Waals surface area contributed by atoms with Gasteiger partial charge in [0.2, 0.25) is 12.3 Å². The van der Waals surface area contributed by atoms with Crippen LogP contribution in [0.2, 0.25) is 0 Å². The summed E-state index contributed by atoms with van der Waals surface area (Å²) in [5.41, 5.74) is 0. The maximum atomic E-state index is 11.8. The molecule has 2 atom stereocenters. The second kappa shape index (κ2) is 8.79. The standard InChI is InChI=1S/C11H20N2O4S/c1-7(2)9(11(16)17)13-10(15)8(12-6-14)4-5-18-3/h6-9H,4-5H2,1-3H3,(H,12,14)(H,13,15)(H,16,17)/p-1/t8-,9+/m1/s1. The summed E-state index contributed by atoms with van der Waals surface area (Å²) in [6.45, 7) is 3.34. The van der Waals surface area contributed by atoms with Crippen molar-refractivity contribution in [3.8, 4) is 0 Å². The molecule has 0 heterocycles. The summed E-state index contributed by atoms with van der Waals surface area (Å²) in [6.07, 6.45) is 2.77. The number of rotatable bonds is 9. The van der Waals surface area contributed by atoms with Gasteiger partial charge in [-0.05, 0) is 24.3 Å². The van der Waals surface area contributed by atoms with Crippen molar-refractivity contribution in [2.75, 3.05) is 12.0 Å². The van der Waals surface area contributed by atoms with Gasteiger partial charge in [-0.1, -0.05) is 13.8 Å². The van der Waals surface area contributed by atoms with Crippen molar-refractivity contribution in [3.63, 3.8) is 0 Å². The largest absolute Gasteiger partial charge is 0.548 e. The fraction of sp³-hybridized carbons (Fsp3) is 0.727. The summed E-state index contributed by atoms with van der Waals surface area (Å²) >= 11 is 1.54. The molecule has 0 unspecified atom stereocenters. The highest BCUT2D eigenvalue weighted by molar-refractivity contribution is 7.98. The van der Waals surface area contributed by atoms with Crippen molar-refractivity contribution in [1.82, 2.24) is 10.6 Å². The SMILES string of the molecule is CSCC[C@@H](NC=O)C(=O)N[C@H](C(=O)[O-])C(C)C. The third kappa shape index (κ3) is 5.90. The number of hydrogen-bond donors (Lipinski definition) is 2. The molecule has 0 aromatic rings. The normalized spacial score (nSPS) is 13.8. The Morgan fingerprint density at radius 2 is 2.00 bits per heavy atom. The third-order valence-corrected chi connectivity index (χ3v) is 3.06. The van der Waals surface area contributed by atoms with Gasteiger partial charge in [0.05, 0.1) is 12.0 Å². The molecule has 2 N–H and O–H groups in total. The summed E-state index contributed by atoms with van der Waals surface area (Å²) in [4.78, 5) is 33.1. The predicted octanol–water partition coefficient (Wildman–Crippen LogP) is -1.26. The van der Waals surface area contributed by atoms with Gasteiger partial charge in [0, 0.05) is 0 Å². The maximum Gasteiger partial charge on any atom is 0.243 e. The zero-order chi connectivity index (χ0) is 14.1. The molecule has 0 saturated heterocycles. The molecule has 2 amide bonds. The first-order valence-corrected chi connectivity index (χ1v) is 7.03. The smallest absolute Gasteiger partial charge is 0.243 e. The number of carboxylic acids is 1. The molecule has 0 spiro atoms. The number of carboxylic acid groups (broad SMARTS) is 1. The Balaban J connectivity index is 4.55. The van der Waals surface area contributed by atoms with Gasteiger partial charge in [-0.25, -0.2) is 0 Å². The van der Waals surface area contributed by atoms with E-state index in [1.165, 1.54) is 0 Å². The number of hydrogen-bond acceptors (Lipinski definition) is 5. The maximum absolute atomic E-state index is 11.8. The molecule has 18 heavy (non-hydrogen) atoms. The number of aliphatic carboxylic acids is 1. The molecule has 0 aliphatic carbocycles. The van der Waals surface area contributed by atoms with Gasteiger partial charge in [0.1, 0.15) is 6.04 Å². The minimum absolute atomic E-state index is 0.281. The van der Waals surface area contributed by atoms with Gasteiger partial charge >= 0.3 is 0 Å². The fourth-order valence-corrected chi connectivity index (χ4v) is 1.83. The Morgan fingerprint density at radius 3 is 2.39 bits per heavy atom. The van der Waals surface area contributed by atoms with Crippen LogP contribution < -0.4 is 15.7 Å². The minimum Gasteiger partial charge on any atom is -0.548 e. The Bertz CT molecular complexity index is 297. The highest BCUT2D eigenvalue weighted by Gasteiger charge is 2.23. The average molecular weight is 275 g/mol. The predicted molar refractivity (Wildman–Crippen MR) is 67.8 cm³/mol. The van der Waals surface area contributed by atoms with Crippen LogP contribution >= 0.6 is 11.8 Å². The number of thioether (sulfide) groups is 1. The lowest BCUT2D eigenvalue weighted by Crippen LogP contribution is -2.55. The lowest BCUT2D eigenvalue weighted by molar-refractivity contribution is -0.309. The second-order valence-corrected chi connectivity index (χ2v) is 5.15. The van der Waals surface area contributed by atoms with E-state index in [0.29, 0.717) is 18.6 Å². The van der Waals surface area contributed by atoms with Crippen LogP contribution in [0.25, 0.3) is 0 Å². The highest BCUT2D eigenvalue weighted by atomic mass is 32.2. The van der Waals surface area contributed by atoms with E-state index in [1.54, 1.807) is 25.6 Å². The zero-order valence-corrected chi connectivity index (χ0v) is 11.6. The Labute approximate surface area is 111 Å². The van der Waals surface area contributed by atoms with E-state index in [9.17, 15) is 19.5 Å². The molecule has 0 aromatic heterocycles. The molecule has 104 valence electrons. The quantitative estimate of drug-likeness (QED) is 0.512. The van der Waals surface area contributed by atoms with Crippen LogP contribution in [0.3, 0.4) is 0 Å².